The van der Waals surface area contributed by atoms with Crippen molar-refractivity contribution in [3.8, 4) is 5.75 Å². The van der Waals surface area contributed by atoms with Crippen molar-refractivity contribution in [3.63, 3.8) is 0 Å². The minimum Gasteiger partial charge on any atom is -0.487 e. The van der Waals surface area contributed by atoms with E-state index in [0.717, 1.165) is 32.5 Å². The fourth-order valence-corrected chi connectivity index (χ4v) is 3.49. The van der Waals surface area contributed by atoms with Crippen molar-refractivity contribution < 1.29 is 9.66 Å². The molecule has 2 heterocycles. The molecule has 2 unspecified atom stereocenters. The number of anilines is 1. The number of piperidine rings is 1. The Kier molecular flexibility index (Phi) is 3.96. The van der Waals surface area contributed by atoms with E-state index in [1.165, 1.54) is 0 Å². The van der Waals surface area contributed by atoms with E-state index >= 15 is 0 Å². The molecule has 0 bridgehead atoms. The van der Waals surface area contributed by atoms with Crippen molar-refractivity contribution in [2.75, 3.05) is 31.1 Å². The SMILES string of the molecule is CCOc1cccc(N2CCC3NCCC3C2)c1[N+](=O)[O-]. The molecule has 0 aromatic heterocycles. The summed E-state index contributed by atoms with van der Waals surface area (Å²) in [4.78, 5) is 13.3. The van der Waals surface area contributed by atoms with Gasteiger partial charge >= 0.3 is 5.69 Å². The third kappa shape index (κ3) is 2.68. The summed E-state index contributed by atoms with van der Waals surface area (Å²) in [5.41, 5.74) is 0.792. The molecule has 3 rings (SSSR count). The van der Waals surface area contributed by atoms with Crippen LogP contribution in [0.1, 0.15) is 19.8 Å². The quantitative estimate of drug-likeness (QED) is 0.680. The first kappa shape index (κ1) is 14.1. The number of rotatable bonds is 4. The third-order valence-electron chi connectivity index (χ3n) is 4.46. The average Bonchev–Trinajstić information content (AvgIpc) is 2.94. The number of fused-ring (bicyclic) bond motifs is 1. The van der Waals surface area contributed by atoms with E-state index in [1.807, 2.05) is 19.1 Å². The van der Waals surface area contributed by atoms with Crippen LogP contribution < -0.4 is 15.0 Å². The van der Waals surface area contributed by atoms with Crippen LogP contribution in [0.5, 0.6) is 5.75 Å². The largest absolute Gasteiger partial charge is 0.487 e. The molecular formula is C15H21N3O3. The molecule has 2 atom stereocenters. The number of nitro groups is 1. The molecule has 2 aliphatic rings. The molecule has 0 amide bonds. The van der Waals surface area contributed by atoms with Gasteiger partial charge in [0.05, 0.1) is 11.5 Å². The van der Waals surface area contributed by atoms with Crippen LogP contribution in [-0.4, -0.2) is 37.2 Å². The third-order valence-corrected chi connectivity index (χ3v) is 4.46. The smallest absolute Gasteiger partial charge is 0.333 e. The van der Waals surface area contributed by atoms with Gasteiger partial charge in [-0.25, -0.2) is 0 Å². The number of para-hydroxylation sites is 1. The molecule has 2 aliphatic heterocycles. The number of ether oxygens (including phenoxy) is 1. The summed E-state index contributed by atoms with van der Waals surface area (Å²) in [6.07, 6.45) is 2.20. The molecule has 0 radical (unpaired) electrons. The standard InChI is InChI=1S/C15H21N3O3/c1-2-21-14-5-3-4-13(15(14)18(19)20)17-9-7-12-11(10-17)6-8-16-12/h3-5,11-12,16H,2,6-10H2,1H3. The van der Waals surface area contributed by atoms with Gasteiger partial charge in [-0.15, -0.1) is 0 Å². The van der Waals surface area contributed by atoms with Gasteiger partial charge in [-0.2, -0.15) is 0 Å². The van der Waals surface area contributed by atoms with E-state index in [2.05, 4.69) is 10.2 Å². The van der Waals surface area contributed by atoms with Crippen molar-refractivity contribution >= 4 is 11.4 Å². The summed E-state index contributed by atoms with van der Waals surface area (Å²) in [6, 6.07) is 5.93. The van der Waals surface area contributed by atoms with Crippen molar-refractivity contribution in [2.24, 2.45) is 5.92 Å². The van der Waals surface area contributed by atoms with Crippen LogP contribution in [0, 0.1) is 16.0 Å². The Bertz CT molecular complexity index is 535. The lowest BCUT2D eigenvalue weighted by Gasteiger charge is -2.36. The highest BCUT2D eigenvalue weighted by molar-refractivity contribution is 5.70. The van der Waals surface area contributed by atoms with Gasteiger partial charge in [-0.3, -0.25) is 10.1 Å². The monoisotopic (exact) mass is 291 g/mol. The Morgan fingerprint density at radius 1 is 1.48 bits per heavy atom. The minimum atomic E-state index is -0.320. The van der Waals surface area contributed by atoms with Crippen LogP contribution in [0.2, 0.25) is 0 Å². The van der Waals surface area contributed by atoms with Crippen molar-refractivity contribution in [1.82, 2.24) is 5.32 Å². The van der Waals surface area contributed by atoms with Gasteiger partial charge in [-0.1, -0.05) is 6.07 Å². The van der Waals surface area contributed by atoms with E-state index in [9.17, 15) is 10.1 Å². The highest BCUT2D eigenvalue weighted by Gasteiger charge is 2.35. The second-order valence-electron chi connectivity index (χ2n) is 5.66. The van der Waals surface area contributed by atoms with E-state index in [4.69, 9.17) is 4.74 Å². The van der Waals surface area contributed by atoms with Crippen LogP contribution >= 0.6 is 0 Å². The maximum absolute atomic E-state index is 11.5. The molecule has 2 fully saturated rings. The number of hydrogen-bond donors (Lipinski definition) is 1. The Morgan fingerprint density at radius 3 is 3.10 bits per heavy atom. The molecule has 114 valence electrons. The normalized spacial score (nSPS) is 24.7. The number of hydrogen-bond acceptors (Lipinski definition) is 5. The lowest BCUT2D eigenvalue weighted by Crippen LogP contribution is -2.44. The summed E-state index contributed by atoms with van der Waals surface area (Å²) in [7, 11) is 0. The topological polar surface area (TPSA) is 67.6 Å². The molecule has 21 heavy (non-hydrogen) atoms. The lowest BCUT2D eigenvalue weighted by molar-refractivity contribution is -0.385. The predicted octanol–water partition coefficient (Wildman–Crippen LogP) is 2.18. The zero-order valence-electron chi connectivity index (χ0n) is 12.2. The van der Waals surface area contributed by atoms with Crippen LogP contribution in [0.15, 0.2) is 18.2 Å². The van der Waals surface area contributed by atoms with Gasteiger partial charge in [0.2, 0.25) is 0 Å². The summed E-state index contributed by atoms with van der Waals surface area (Å²) in [6.45, 7) is 5.06. The Labute approximate surface area is 124 Å². The van der Waals surface area contributed by atoms with Gasteiger partial charge in [0.1, 0.15) is 5.69 Å². The molecule has 6 nitrogen and oxygen atoms in total. The Balaban J connectivity index is 1.90. The highest BCUT2D eigenvalue weighted by atomic mass is 16.6. The van der Waals surface area contributed by atoms with Gasteiger partial charge in [0, 0.05) is 19.1 Å². The fourth-order valence-electron chi connectivity index (χ4n) is 3.49. The van der Waals surface area contributed by atoms with Gasteiger partial charge in [0.25, 0.3) is 0 Å². The van der Waals surface area contributed by atoms with E-state index in [1.54, 1.807) is 6.07 Å². The predicted molar refractivity (Wildman–Crippen MR) is 81.0 cm³/mol. The molecule has 1 aromatic rings. The van der Waals surface area contributed by atoms with E-state index in [-0.39, 0.29) is 10.6 Å². The number of nitro benzene ring substituents is 1. The molecule has 1 N–H and O–H groups in total. The summed E-state index contributed by atoms with van der Waals surface area (Å²) >= 11 is 0. The maximum Gasteiger partial charge on any atom is 0.333 e. The van der Waals surface area contributed by atoms with Crippen LogP contribution in [0.3, 0.4) is 0 Å². The van der Waals surface area contributed by atoms with Crippen molar-refractivity contribution in [3.05, 3.63) is 28.3 Å². The second-order valence-corrected chi connectivity index (χ2v) is 5.66. The first-order chi connectivity index (χ1) is 10.2. The van der Waals surface area contributed by atoms with Gasteiger partial charge < -0.3 is 15.0 Å². The molecular weight excluding hydrogens is 270 g/mol. The van der Waals surface area contributed by atoms with Gasteiger partial charge in [0.15, 0.2) is 5.75 Å². The molecule has 0 spiro atoms. The maximum atomic E-state index is 11.5. The number of nitrogens with one attached hydrogen (secondary N) is 1. The van der Waals surface area contributed by atoms with Crippen molar-refractivity contribution in [1.29, 1.82) is 0 Å². The summed E-state index contributed by atoms with van der Waals surface area (Å²) in [5, 5.41) is 15.0. The zero-order chi connectivity index (χ0) is 14.8. The Hall–Kier alpha value is -1.82. The number of nitrogens with zero attached hydrogens (tertiary/aromatic N) is 2. The first-order valence-corrected chi connectivity index (χ1v) is 7.59. The molecule has 1 aromatic carbocycles. The Morgan fingerprint density at radius 2 is 2.33 bits per heavy atom. The molecule has 2 saturated heterocycles. The van der Waals surface area contributed by atoms with Crippen LogP contribution in [0.25, 0.3) is 0 Å². The second kappa shape index (κ2) is 5.89. The molecule has 6 heteroatoms. The molecule has 0 saturated carbocycles. The molecule has 0 aliphatic carbocycles. The van der Waals surface area contributed by atoms with E-state index < -0.39 is 0 Å². The zero-order valence-corrected chi connectivity index (χ0v) is 12.2. The summed E-state index contributed by atoms with van der Waals surface area (Å²) < 4.78 is 5.44. The van der Waals surface area contributed by atoms with Crippen molar-refractivity contribution in [2.45, 2.75) is 25.8 Å². The number of benzene rings is 1. The summed E-state index contributed by atoms with van der Waals surface area (Å²) in [5.74, 6) is 0.959. The average molecular weight is 291 g/mol. The van der Waals surface area contributed by atoms with Crippen LogP contribution in [-0.2, 0) is 0 Å². The van der Waals surface area contributed by atoms with Crippen LogP contribution in [0.4, 0.5) is 11.4 Å². The fraction of sp³-hybridized carbons (Fsp3) is 0.600. The minimum absolute atomic E-state index is 0.101. The highest BCUT2D eigenvalue weighted by Crippen LogP contribution is 2.39. The first-order valence-electron chi connectivity index (χ1n) is 7.59. The van der Waals surface area contributed by atoms with Gasteiger partial charge in [-0.05, 0) is 44.4 Å². The lowest BCUT2D eigenvalue weighted by atomic mass is 9.93. The van der Waals surface area contributed by atoms with E-state index in [0.29, 0.717) is 30.0 Å².